The normalized spacial score (nSPS) is 20.8. The van der Waals surface area contributed by atoms with Crippen molar-refractivity contribution in [1.29, 1.82) is 0 Å². The minimum absolute atomic E-state index is 0.0818. The molecule has 0 bridgehead atoms. The van der Waals surface area contributed by atoms with E-state index in [1.165, 1.54) is 30.6 Å². The fourth-order valence-corrected chi connectivity index (χ4v) is 3.90. The molecule has 0 amide bonds. The van der Waals surface area contributed by atoms with Crippen molar-refractivity contribution in [3.8, 4) is 0 Å². The Morgan fingerprint density at radius 3 is 2.80 bits per heavy atom. The van der Waals surface area contributed by atoms with E-state index in [9.17, 15) is 4.39 Å². The highest BCUT2D eigenvalue weighted by Gasteiger charge is 2.24. The minimum atomic E-state index is -0.0818. The Kier molecular flexibility index (Phi) is 4.48. The van der Waals surface area contributed by atoms with Crippen LogP contribution in [0.1, 0.15) is 42.2 Å². The largest absolute Gasteiger partial charge is 0.291 e. The lowest BCUT2D eigenvalue weighted by atomic mass is 10.1. The molecule has 0 N–H and O–H groups in total. The van der Waals surface area contributed by atoms with Gasteiger partial charge in [0.15, 0.2) is 0 Å². The highest BCUT2D eigenvalue weighted by atomic mass is 32.1. The van der Waals surface area contributed by atoms with E-state index < -0.39 is 0 Å². The van der Waals surface area contributed by atoms with Crippen LogP contribution in [0.3, 0.4) is 0 Å². The molecule has 3 heteroatoms. The number of benzene rings is 1. The Labute approximate surface area is 124 Å². The molecule has 2 heterocycles. The number of hydrogen-bond donors (Lipinski definition) is 0. The van der Waals surface area contributed by atoms with E-state index in [2.05, 4.69) is 22.4 Å². The molecule has 1 fully saturated rings. The second-order valence-electron chi connectivity index (χ2n) is 5.44. The molecule has 0 spiro atoms. The SMILES string of the molecule is Fc1ccccc1CN1CCCCC[C@@H]1c1cccs1. The molecular formula is C17H20FNS. The standard InChI is InChI=1S/C17H20FNS/c18-15-8-4-3-7-14(15)13-19-11-5-1-2-9-16(19)17-10-6-12-20-17/h3-4,6-8,10,12,16H,1-2,5,9,11,13H2/t16-/m1/s1. The first-order chi connectivity index (χ1) is 9.84. The Morgan fingerprint density at radius 1 is 1.10 bits per heavy atom. The fourth-order valence-electron chi connectivity index (χ4n) is 3.01. The van der Waals surface area contributed by atoms with Crippen LogP contribution in [0, 0.1) is 5.82 Å². The second kappa shape index (κ2) is 6.51. The van der Waals surface area contributed by atoms with Gasteiger partial charge in [-0.3, -0.25) is 4.90 Å². The van der Waals surface area contributed by atoms with Gasteiger partial charge in [-0.15, -0.1) is 11.3 Å². The lowest BCUT2D eigenvalue weighted by Crippen LogP contribution is -2.28. The van der Waals surface area contributed by atoms with Crippen molar-refractivity contribution in [2.75, 3.05) is 6.54 Å². The van der Waals surface area contributed by atoms with Crippen molar-refractivity contribution in [3.05, 3.63) is 58.0 Å². The van der Waals surface area contributed by atoms with Crippen LogP contribution < -0.4 is 0 Å². The second-order valence-corrected chi connectivity index (χ2v) is 6.42. The molecule has 3 rings (SSSR count). The van der Waals surface area contributed by atoms with E-state index in [1.807, 2.05) is 23.5 Å². The zero-order valence-corrected chi connectivity index (χ0v) is 12.4. The van der Waals surface area contributed by atoms with E-state index in [4.69, 9.17) is 0 Å². The van der Waals surface area contributed by atoms with Gasteiger partial charge in [-0.25, -0.2) is 4.39 Å². The summed E-state index contributed by atoms with van der Waals surface area (Å²) in [6.45, 7) is 1.78. The summed E-state index contributed by atoms with van der Waals surface area (Å²) in [6, 6.07) is 12.0. The zero-order valence-electron chi connectivity index (χ0n) is 11.6. The molecule has 1 saturated heterocycles. The van der Waals surface area contributed by atoms with Crippen LogP contribution in [0.5, 0.6) is 0 Å². The predicted octanol–water partition coefficient (Wildman–Crippen LogP) is 5.00. The Morgan fingerprint density at radius 2 is 2.00 bits per heavy atom. The molecule has 20 heavy (non-hydrogen) atoms. The number of rotatable bonds is 3. The third-order valence-electron chi connectivity index (χ3n) is 4.07. The lowest BCUT2D eigenvalue weighted by molar-refractivity contribution is 0.193. The smallest absolute Gasteiger partial charge is 0.127 e. The number of nitrogens with zero attached hydrogens (tertiary/aromatic N) is 1. The van der Waals surface area contributed by atoms with Crippen LogP contribution in [0.15, 0.2) is 41.8 Å². The molecule has 106 valence electrons. The quantitative estimate of drug-likeness (QED) is 0.768. The van der Waals surface area contributed by atoms with Crippen LogP contribution in [0.2, 0.25) is 0 Å². The average Bonchev–Trinajstić information content (AvgIpc) is 2.89. The van der Waals surface area contributed by atoms with E-state index in [1.54, 1.807) is 12.1 Å². The van der Waals surface area contributed by atoms with E-state index in [0.29, 0.717) is 6.04 Å². The van der Waals surface area contributed by atoms with Crippen LogP contribution in [-0.4, -0.2) is 11.4 Å². The van der Waals surface area contributed by atoms with Crippen LogP contribution >= 0.6 is 11.3 Å². The van der Waals surface area contributed by atoms with Crippen molar-refractivity contribution in [2.24, 2.45) is 0 Å². The van der Waals surface area contributed by atoms with Gasteiger partial charge in [-0.1, -0.05) is 37.1 Å². The summed E-state index contributed by atoms with van der Waals surface area (Å²) in [6.07, 6.45) is 4.97. The average molecular weight is 289 g/mol. The molecule has 1 nitrogen and oxygen atoms in total. The summed E-state index contributed by atoms with van der Waals surface area (Å²) in [4.78, 5) is 3.88. The fraction of sp³-hybridized carbons (Fsp3) is 0.412. The number of thiophene rings is 1. The maximum Gasteiger partial charge on any atom is 0.127 e. The molecule has 1 aromatic heterocycles. The maximum atomic E-state index is 13.9. The number of hydrogen-bond acceptors (Lipinski definition) is 2. The summed E-state index contributed by atoms with van der Waals surface area (Å²) in [5.41, 5.74) is 0.816. The molecule has 0 unspecified atom stereocenters. The molecule has 0 saturated carbocycles. The Balaban J connectivity index is 1.82. The van der Waals surface area contributed by atoms with Gasteiger partial charge in [0, 0.05) is 23.0 Å². The predicted molar refractivity (Wildman–Crippen MR) is 82.3 cm³/mol. The number of likely N-dealkylation sites (tertiary alicyclic amines) is 1. The van der Waals surface area contributed by atoms with Crippen LogP contribution in [0.4, 0.5) is 4.39 Å². The first-order valence-corrected chi connectivity index (χ1v) is 8.23. The number of halogens is 1. The van der Waals surface area contributed by atoms with Gasteiger partial charge in [0.25, 0.3) is 0 Å². The summed E-state index contributed by atoms with van der Waals surface area (Å²) in [7, 11) is 0. The maximum absolute atomic E-state index is 13.9. The summed E-state index contributed by atoms with van der Waals surface area (Å²) in [5.74, 6) is -0.0818. The van der Waals surface area contributed by atoms with Crippen molar-refractivity contribution in [3.63, 3.8) is 0 Å². The van der Waals surface area contributed by atoms with Gasteiger partial charge >= 0.3 is 0 Å². The Bertz CT molecular complexity index is 538. The summed E-state index contributed by atoms with van der Waals surface area (Å²) in [5, 5.41) is 2.14. The molecular weight excluding hydrogens is 269 g/mol. The van der Waals surface area contributed by atoms with Gasteiger partial charge < -0.3 is 0 Å². The summed E-state index contributed by atoms with van der Waals surface area (Å²) >= 11 is 1.82. The zero-order chi connectivity index (χ0) is 13.8. The minimum Gasteiger partial charge on any atom is -0.291 e. The molecule has 0 aliphatic carbocycles. The van der Waals surface area contributed by atoms with Gasteiger partial charge in [-0.05, 0) is 36.9 Å². The molecule has 1 aromatic carbocycles. The van der Waals surface area contributed by atoms with Crippen LogP contribution in [0.25, 0.3) is 0 Å². The van der Waals surface area contributed by atoms with Gasteiger partial charge in [-0.2, -0.15) is 0 Å². The van der Waals surface area contributed by atoms with Crippen molar-refractivity contribution in [2.45, 2.75) is 38.3 Å². The highest BCUT2D eigenvalue weighted by Crippen LogP contribution is 2.33. The Hall–Kier alpha value is -1.19. The molecule has 2 aromatic rings. The molecule has 1 aliphatic heterocycles. The topological polar surface area (TPSA) is 3.24 Å². The molecule has 1 atom stereocenters. The van der Waals surface area contributed by atoms with Gasteiger partial charge in [0.05, 0.1) is 0 Å². The van der Waals surface area contributed by atoms with Crippen molar-refractivity contribution < 1.29 is 4.39 Å². The van der Waals surface area contributed by atoms with Crippen molar-refractivity contribution in [1.82, 2.24) is 4.90 Å². The lowest BCUT2D eigenvalue weighted by Gasteiger charge is -2.29. The van der Waals surface area contributed by atoms with Crippen molar-refractivity contribution >= 4 is 11.3 Å². The summed E-state index contributed by atoms with van der Waals surface area (Å²) < 4.78 is 13.9. The first kappa shape index (κ1) is 13.8. The molecule has 1 aliphatic rings. The first-order valence-electron chi connectivity index (χ1n) is 7.35. The molecule has 0 radical (unpaired) electrons. The van der Waals surface area contributed by atoms with E-state index in [0.717, 1.165) is 18.7 Å². The monoisotopic (exact) mass is 289 g/mol. The van der Waals surface area contributed by atoms with Crippen LogP contribution in [-0.2, 0) is 6.54 Å². The van der Waals surface area contributed by atoms with E-state index >= 15 is 0 Å². The third kappa shape index (κ3) is 3.10. The van der Waals surface area contributed by atoms with Gasteiger partial charge in [0.2, 0.25) is 0 Å². The van der Waals surface area contributed by atoms with Gasteiger partial charge in [0.1, 0.15) is 5.82 Å². The third-order valence-corrected chi connectivity index (χ3v) is 5.04. The highest BCUT2D eigenvalue weighted by molar-refractivity contribution is 7.10. The van der Waals surface area contributed by atoms with E-state index in [-0.39, 0.29) is 5.82 Å².